The number of hydrogen-bond acceptors (Lipinski definition) is 3. The second-order valence-electron chi connectivity index (χ2n) is 5.03. The largest absolute Gasteiger partial charge is 0.494 e. The molecule has 0 heterocycles. The first kappa shape index (κ1) is 16.5. The Morgan fingerprint density at radius 1 is 1.30 bits per heavy atom. The van der Waals surface area contributed by atoms with E-state index < -0.39 is 5.97 Å². The molecule has 1 rings (SSSR count). The number of likely N-dealkylation sites (N-methyl/N-ethyl adjacent to an activating group) is 1. The number of carbonyl (C=O) groups is 1. The first-order chi connectivity index (χ1) is 9.47. The molecular formula is C16H25NO3. The number of rotatable bonds is 8. The van der Waals surface area contributed by atoms with Crippen molar-refractivity contribution in [2.75, 3.05) is 13.2 Å². The fourth-order valence-electron chi connectivity index (χ4n) is 2.36. The molecule has 0 bridgehead atoms. The summed E-state index contributed by atoms with van der Waals surface area (Å²) in [4.78, 5) is 10.9. The van der Waals surface area contributed by atoms with Crippen molar-refractivity contribution in [1.29, 1.82) is 0 Å². The molecule has 1 unspecified atom stereocenters. The zero-order valence-electron chi connectivity index (χ0n) is 12.8. The number of ether oxygens (including phenoxy) is 1. The van der Waals surface area contributed by atoms with Crippen LogP contribution < -0.4 is 10.1 Å². The van der Waals surface area contributed by atoms with Gasteiger partial charge in [-0.2, -0.15) is 0 Å². The molecule has 0 aromatic heterocycles. The summed E-state index contributed by atoms with van der Waals surface area (Å²) in [5.41, 5.74) is 3.42. The van der Waals surface area contributed by atoms with Crippen molar-refractivity contribution in [2.45, 2.75) is 46.6 Å². The smallest absolute Gasteiger partial charge is 0.304 e. The monoisotopic (exact) mass is 279 g/mol. The molecule has 1 aromatic rings. The van der Waals surface area contributed by atoms with Crippen molar-refractivity contribution in [2.24, 2.45) is 0 Å². The number of hydrogen-bond donors (Lipinski definition) is 2. The highest BCUT2D eigenvalue weighted by atomic mass is 16.5. The van der Waals surface area contributed by atoms with E-state index in [0.29, 0.717) is 6.61 Å². The summed E-state index contributed by atoms with van der Waals surface area (Å²) >= 11 is 0. The van der Waals surface area contributed by atoms with Crippen LogP contribution in [0.5, 0.6) is 5.75 Å². The number of carboxylic acids is 1. The summed E-state index contributed by atoms with van der Waals surface area (Å²) in [5, 5.41) is 12.2. The van der Waals surface area contributed by atoms with Gasteiger partial charge in [-0.1, -0.05) is 13.0 Å². The standard InChI is InChI=1S/C16H25NO3/c1-5-17-14(10-16(18)19)9-13-7-12(4)15(20-6-2)8-11(13)3/h7-8,14,17H,5-6,9-10H2,1-4H3,(H,18,19). The van der Waals surface area contributed by atoms with E-state index in [2.05, 4.69) is 11.4 Å². The first-order valence-corrected chi connectivity index (χ1v) is 7.16. The van der Waals surface area contributed by atoms with Crippen LogP contribution in [-0.4, -0.2) is 30.3 Å². The van der Waals surface area contributed by atoms with Crippen LogP contribution in [0.2, 0.25) is 0 Å². The molecule has 0 aliphatic heterocycles. The summed E-state index contributed by atoms with van der Waals surface area (Å²) in [7, 11) is 0. The van der Waals surface area contributed by atoms with Crippen molar-refractivity contribution in [1.82, 2.24) is 5.32 Å². The van der Waals surface area contributed by atoms with Gasteiger partial charge in [0.2, 0.25) is 0 Å². The third kappa shape index (κ3) is 4.85. The lowest BCUT2D eigenvalue weighted by Crippen LogP contribution is -2.33. The van der Waals surface area contributed by atoms with Crippen LogP contribution in [0, 0.1) is 13.8 Å². The minimum absolute atomic E-state index is 0.0338. The lowest BCUT2D eigenvalue weighted by molar-refractivity contribution is -0.137. The van der Waals surface area contributed by atoms with E-state index in [1.165, 1.54) is 5.56 Å². The van der Waals surface area contributed by atoms with Crippen molar-refractivity contribution in [3.63, 3.8) is 0 Å². The van der Waals surface area contributed by atoms with Crippen LogP contribution in [0.1, 0.15) is 37.0 Å². The third-order valence-electron chi connectivity index (χ3n) is 3.31. The summed E-state index contributed by atoms with van der Waals surface area (Å²) in [5.74, 6) is 0.142. The molecule has 0 aliphatic carbocycles. The van der Waals surface area contributed by atoms with E-state index in [0.717, 1.165) is 29.8 Å². The van der Waals surface area contributed by atoms with Crippen molar-refractivity contribution in [3.8, 4) is 5.75 Å². The predicted molar refractivity (Wildman–Crippen MR) is 80.5 cm³/mol. The van der Waals surface area contributed by atoms with Gasteiger partial charge >= 0.3 is 5.97 Å². The molecule has 0 spiro atoms. The van der Waals surface area contributed by atoms with Crippen molar-refractivity contribution >= 4 is 5.97 Å². The van der Waals surface area contributed by atoms with Gasteiger partial charge in [-0.15, -0.1) is 0 Å². The van der Waals surface area contributed by atoms with Crippen LogP contribution in [0.25, 0.3) is 0 Å². The number of benzene rings is 1. The van der Waals surface area contributed by atoms with Crippen molar-refractivity contribution in [3.05, 3.63) is 28.8 Å². The van der Waals surface area contributed by atoms with Gasteiger partial charge in [0, 0.05) is 6.04 Å². The Balaban J connectivity index is 2.89. The normalized spacial score (nSPS) is 12.2. The highest BCUT2D eigenvalue weighted by molar-refractivity contribution is 5.67. The van der Waals surface area contributed by atoms with Gasteiger partial charge in [0.25, 0.3) is 0 Å². The molecule has 0 radical (unpaired) electrons. The molecule has 0 fully saturated rings. The Hall–Kier alpha value is -1.55. The zero-order valence-corrected chi connectivity index (χ0v) is 12.8. The molecule has 0 saturated heterocycles. The van der Waals surface area contributed by atoms with Gasteiger partial charge in [0.15, 0.2) is 0 Å². The van der Waals surface area contributed by atoms with Gasteiger partial charge in [-0.3, -0.25) is 4.79 Å². The van der Waals surface area contributed by atoms with Crippen molar-refractivity contribution < 1.29 is 14.6 Å². The summed E-state index contributed by atoms with van der Waals surface area (Å²) in [6, 6.07) is 4.11. The SMILES string of the molecule is CCNC(CC(=O)O)Cc1cc(C)c(OCC)cc1C. The number of aryl methyl sites for hydroxylation is 2. The quantitative estimate of drug-likeness (QED) is 0.768. The van der Waals surface area contributed by atoms with Gasteiger partial charge in [-0.25, -0.2) is 0 Å². The van der Waals surface area contributed by atoms with Gasteiger partial charge in [0.1, 0.15) is 5.75 Å². The van der Waals surface area contributed by atoms with Gasteiger partial charge in [0.05, 0.1) is 13.0 Å². The zero-order chi connectivity index (χ0) is 15.1. The van der Waals surface area contributed by atoms with E-state index in [1.807, 2.05) is 33.8 Å². The molecule has 112 valence electrons. The lowest BCUT2D eigenvalue weighted by Gasteiger charge is -2.19. The number of carboxylic acid groups (broad SMARTS) is 1. The summed E-state index contributed by atoms with van der Waals surface area (Å²) < 4.78 is 5.58. The highest BCUT2D eigenvalue weighted by Crippen LogP contribution is 2.24. The molecule has 0 amide bonds. The van der Waals surface area contributed by atoms with Gasteiger partial charge < -0.3 is 15.2 Å². The van der Waals surface area contributed by atoms with Crippen LogP contribution in [0.4, 0.5) is 0 Å². The first-order valence-electron chi connectivity index (χ1n) is 7.16. The van der Waals surface area contributed by atoms with E-state index >= 15 is 0 Å². The molecule has 4 nitrogen and oxygen atoms in total. The number of aliphatic carboxylic acids is 1. The fraction of sp³-hybridized carbons (Fsp3) is 0.562. The molecule has 2 N–H and O–H groups in total. The maximum atomic E-state index is 10.9. The molecule has 1 atom stereocenters. The maximum Gasteiger partial charge on any atom is 0.304 e. The molecule has 1 aromatic carbocycles. The van der Waals surface area contributed by atoms with Crippen LogP contribution >= 0.6 is 0 Å². The fourth-order valence-corrected chi connectivity index (χ4v) is 2.36. The van der Waals surface area contributed by atoms with Crippen LogP contribution in [-0.2, 0) is 11.2 Å². The lowest BCUT2D eigenvalue weighted by atomic mass is 9.97. The van der Waals surface area contributed by atoms with Crippen LogP contribution in [0.3, 0.4) is 0 Å². The second-order valence-corrected chi connectivity index (χ2v) is 5.03. The molecule has 0 saturated carbocycles. The molecule has 20 heavy (non-hydrogen) atoms. The van der Waals surface area contributed by atoms with E-state index in [9.17, 15) is 4.79 Å². The Bertz CT molecular complexity index is 457. The second kappa shape index (κ2) is 7.90. The van der Waals surface area contributed by atoms with E-state index in [4.69, 9.17) is 9.84 Å². The topological polar surface area (TPSA) is 58.6 Å². The average molecular weight is 279 g/mol. The summed E-state index contributed by atoms with van der Waals surface area (Å²) in [6.07, 6.45) is 0.860. The Morgan fingerprint density at radius 2 is 2.00 bits per heavy atom. The summed E-state index contributed by atoms with van der Waals surface area (Å²) in [6.45, 7) is 9.45. The highest BCUT2D eigenvalue weighted by Gasteiger charge is 2.15. The van der Waals surface area contributed by atoms with Crippen LogP contribution in [0.15, 0.2) is 12.1 Å². The Labute approximate surface area is 121 Å². The van der Waals surface area contributed by atoms with E-state index in [-0.39, 0.29) is 12.5 Å². The average Bonchev–Trinajstić information content (AvgIpc) is 2.35. The predicted octanol–water partition coefficient (Wildman–Crippen LogP) is 2.70. The van der Waals surface area contributed by atoms with E-state index in [1.54, 1.807) is 0 Å². The third-order valence-corrected chi connectivity index (χ3v) is 3.31. The Kier molecular flexibility index (Phi) is 6.52. The number of nitrogens with one attached hydrogen (secondary N) is 1. The molecule has 0 aliphatic rings. The Morgan fingerprint density at radius 3 is 2.55 bits per heavy atom. The minimum atomic E-state index is -0.767. The minimum Gasteiger partial charge on any atom is -0.494 e. The molecule has 4 heteroatoms. The van der Waals surface area contributed by atoms with Gasteiger partial charge in [-0.05, 0) is 56.5 Å². The maximum absolute atomic E-state index is 10.9. The molecular weight excluding hydrogens is 254 g/mol.